The predicted octanol–water partition coefficient (Wildman–Crippen LogP) is 4.69. The highest BCUT2D eigenvalue weighted by Crippen LogP contribution is 2.42. The fourth-order valence-electron chi connectivity index (χ4n) is 3.73. The van der Waals surface area contributed by atoms with E-state index in [9.17, 15) is 14.7 Å². The van der Waals surface area contributed by atoms with Crippen molar-refractivity contribution in [1.29, 1.82) is 0 Å². The fourth-order valence-corrected chi connectivity index (χ4v) is 3.73. The van der Waals surface area contributed by atoms with Crippen LogP contribution < -0.4 is 0 Å². The second-order valence-electron chi connectivity index (χ2n) is 8.31. The number of likely N-dealkylation sites (tertiary alicyclic amines) is 1. The molecule has 2 aromatic heterocycles. The minimum absolute atomic E-state index is 0.0391. The average molecular weight is 397 g/mol. The van der Waals surface area contributed by atoms with Gasteiger partial charge in [-0.3, -0.25) is 9.88 Å². The minimum atomic E-state index is -1.09. The molecule has 29 heavy (non-hydrogen) atoms. The number of carbonyl (C=O) groups excluding carboxylic acids is 1. The third-order valence-electron chi connectivity index (χ3n) is 4.93. The highest BCUT2D eigenvalue weighted by Gasteiger charge is 2.40. The Morgan fingerprint density at radius 2 is 1.86 bits per heavy atom. The number of aromatic carboxylic acids is 1. The van der Waals surface area contributed by atoms with Gasteiger partial charge >= 0.3 is 12.1 Å². The largest absolute Gasteiger partial charge is 0.477 e. The second-order valence-corrected chi connectivity index (χ2v) is 8.31. The van der Waals surface area contributed by atoms with Crippen LogP contribution >= 0.6 is 0 Å². The van der Waals surface area contributed by atoms with Crippen molar-refractivity contribution < 1.29 is 19.4 Å². The molecule has 3 rings (SSSR count). The number of pyridine rings is 2. The maximum Gasteiger partial charge on any atom is 0.411 e. The summed E-state index contributed by atoms with van der Waals surface area (Å²) in [5.74, 6) is -1.09. The van der Waals surface area contributed by atoms with Gasteiger partial charge in [0.15, 0.2) is 0 Å². The van der Waals surface area contributed by atoms with Gasteiger partial charge in [0.05, 0.1) is 23.5 Å². The Morgan fingerprint density at radius 3 is 2.52 bits per heavy atom. The Hall–Kier alpha value is -2.96. The van der Waals surface area contributed by atoms with Gasteiger partial charge in [0.2, 0.25) is 0 Å². The van der Waals surface area contributed by atoms with Crippen LogP contribution in [-0.4, -0.2) is 37.6 Å². The number of nitrogens with zero attached hydrogens (tertiary/aromatic N) is 3. The summed E-state index contributed by atoms with van der Waals surface area (Å²) in [7, 11) is 0. The van der Waals surface area contributed by atoms with E-state index in [1.54, 1.807) is 23.2 Å². The van der Waals surface area contributed by atoms with Gasteiger partial charge in [0.1, 0.15) is 11.3 Å². The van der Waals surface area contributed by atoms with Crippen molar-refractivity contribution in [2.45, 2.75) is 64.6 Å². The van der Waals surface area contributed by atoms with Gasteiger partial charge in [-0.05, 0) is 70.7 Å². The summed E-state index contributed by atoms with van der Waals surface area (Å²) in [5.41, 5.74) is 1.69. The monoisotopic (exact) mass is 397 g/mol. The molecule has 0 bridgehead atoms. The van der Waals surface area contributed by atoms with Crippen molar-refractivity contribution in [2.24, 2.45) is 0 Å². The number of carboxylic acids is 1. The van der Waals surface area contributed by atoms with Crippen LogP contribution in [0.15, 0.2) is 36.5 Å². The second kappa shape index (κ2) is 8.19. The molecule has 7 heteroatoms. The first-order valence-electron chi connectivity index (χ1n) is 9.80. The highest BCUT2D eigenvalue weighted by atomic mass is 16.6. The van der Waals surface area contributed by atoms with Crippen LogP contribution in [0.3, 0.4) is 0 Å². The Bertz CT molecular complexity index is 907. The summed E-state index contributed by atoms with van der Waals surface area (Å²) < 4.78 is 5.71. The van der Waals surface area contributed by atoms with Crippen LogP contribution in [-0.2, 0) is 4.74 Å². The normalized spacial score (nSPS) is 19.7. The topological polar surface area (TPSA) is 92.6 Å². The Labute approximate surface area is 170 Å². The maximum absolute atomic E-state index is 13.2. The molecule has 0 aliphatic carbocycles. The molecule has 7 nitrogen and oxygen atoms in total. The molecular weight excluding hydrogens is 370 g/mol. The summed E-state index contributed by atoms with van der Waals surface area (Å²) in [6, 6.07) is 8.07. The predicted molar refractivity (Wildman–Crippen MR) is 108 cm³/mol. The lowest BCUT2D eigenvalue weighted by Gasteiger charge is -2.42. The molecule has 0 radical (unpaired) electrons. The number of hydrogen-bond acceptors (Lipinski definition) is 5. The molecule has 1 aliphatic heterocycles. The zero-order chi connectivity index (χ0) is 21.2. The fraction of sp³-hybridized carbons (Fsp3) is 0.455. The molecule has 0 unspecified atom stereocenters. The third-order valence-corrected chi connectivity index (χ3v) is 4.93. The van der Waals surface area contributed by atoms with Crippen LogP contribution in [0.5, 0.6) is 0 Å². The first-order chi connectivity index (χ1) is 13.7. The summed E-state index contributed by atoms with van der Waals surface area (Å²) in [6.07, 6.45) is 3.58. The number of amides is 1. The van der Waals surface area contributed by atoms with Crippen molar-refractivity contribution in [1.82, 2.24) is 14.9 Å². The zero-order valence-electron chi connectivity index (χ0n) is 17.3. The van der Waals surface area contributed by atoms with Crippen molar-refractivity contribution in [3.05, 3.63) is 59.2 Å². The van der Waals surface area contributed by atoms with E-state index in [1.165, 1.54) is 6.07 Å². The van der Waals surface area contributed by atoms with Crippen molar-refractivity contribution in [2.75, 3.05) is 0 Å². The molecule has 3 heterocycles. The smallest absolute Gasteiger partial charge is 0.411 e. The number of piperidine rings is 1. The SMILES string of the molecule is Cc1cccnc1[C@@H]1CCC[C@H](c2cccc(C(=O)O)n2)N1C(=O)OC(C)(C)C. The Kier molecular flexibility index (Phi) is 5.86. The molecule has 2 aromatic rings. The molecular formula is C22H27N3O4. The zero-order valence-corrected chi connectivity index (χ0v) is 17.3. The molecule has 0 spiro atoms. The lowest BCUT2D eigenvalue weighted by atomic mass is 9.90. The average Bonchev–Trinajstić information content (AvgIpc) is 2.66. The van der Waals surface area contributed by atoms with Gasteiger partial charge in [0.25, 0.3) is 0 Å². The first kappa shape index (κ1) is 20.8. The molecule has 0 aromatic carbocycles. The van der Waals surface area contributed by atoms with Gasteiger partial charge in [0, 0.05) is 6.20 Å². The van der Waals surface area contributed by atoms with E-state index >= 15 is 0 Å². The standard InChI is InChI=1S/C22H27N3O4/c1-14-8-7-13-23-19(14)18-12-6-11-17(25(18)21(28)29-22(2,3)4)15-9-5-10-16(24-15)20(26)27/h5,7-10,13,17-18H,6,11-12H2,1-4H3,(H,26,27)/t17-,18+/m1/s1. The lowest BCUT2D eigenvalue weighted by molar-refractivity contribution is -0.00804. The van der Waals surface area contributed by atoms with Gasteiger partial charge in [-0.15, -0.1) is 0 Å². The van der Waals surface area contributed by atoms with E-state index < -0.39 is 17.7 Å². The molecule has 1 amide bonds. The number of hydrogen-bond donors (Lipinski definition) is 1. The van der Waals surface area contributed by atoms with Crippen molar-refractivity contribution in [3.63, 3.8) is 0 Å². The maximum atomic E-state index is 13.2. The summed E-state index contributed by atoms with van der Waals surface area (Å²) in [5, 5.41) is 9.32. The number of aryl methyl sites for hydroxylation is 1. The highest BCUT2D eigenvalue weighted by molar-refractivity contribution is 5.85. The van der Waals surface area contributed by atoms with E-state index in [4.69, 9.17) is 4.74 Å². The van der Waals surface area contributed by atoms with Gasteiger partial charge < -0.3 is 9.84 Å². The molecule has 1 saturated heterocycles. The first-order valence-corrected chi connectivity index (χ1v) is 9.80. The number of aromatic nitrogens is 2. The summed E-state index contributed by atoms with van der Waals surface area (Å²) >= 11 is 0. The number of rotatable bonds is 3. The van der Waals surface area contributed by atoms with Gasteiger partial charge in [-0.25, -0.2) is 14.6 Å². The Morgan fingerprint density at radius 1 is 1.14 bits per heavy atom. The van der Waals surface area contributed by atoms with Gasteiger partial charge in [-0.1, -0.05) is 12.1 Å². The molecule has 1 N–H and O–H groups in total. The summed E-state index contributed by atoms with van der Waals surface area (Å²) in [4.78, 5) is 35.2. The van der Waals surface area contributed by atoms with E-state index in [-0.39, 0.29) is 17.8 Å². The number of carboxylic acid groups (broad SMARTS) is 1. The lowest BCUT2D eigenvalue weighted by Crippen LogP contribution is -2.44. The molecule has 2 atom stereocenters. The van der Waals surface area contributed by atoms with Crippen LogP contribution in [0.2, 0.25) is 0 Å². The van der Waals surface area contributed by atoms with E-state index in [0.29, 0.717) is 12.1 Å². The third kappa shape index (κ3) is 4.72. The van der Waals surface area contributed by atoms with Crippen LogP contribution in [0, 0.1) is 6.92 Å². The van der Waals surface area contributed by atoms with Crippen molar-refractivity contribution in [3.8, 4) is 0 Å². The van der Waals surface area contributed by atoms with Gasteiger partial charge in [-0.2, -0.15) is 0 Å². The molecule has 1 aliphatic rings. The molecule has 0 saturated carbocycles. The van der Waals surface area contributed by atoms with Crippen LogP contribution in [0.25, 0.3) is 0 Å². The quantitative estimate of drug-likeness (QED) is 0.808. The van der Waals surface area contributed by atoms with E-state index in [1.807, 2.05) is 39.8 Å². The van der Waals surface area contributed by atoms with Crippen molar-refractivity contribution >= 4 is 12.1 Å². The van der Waals surface area contributed by atoms with Crippen LogP contribution in [0.1, 0.15) is 79.6 Å². The number of carbonyl (C=O) groups is 2. The molecule has 1 fully saturated rings. The Balaban J connectivity index is 2.06. The van der Waals surface area contributed by atoms with E-state index in [0.717, 1.165) is 24.1 Å². The summed E-state index contributed by atoms with van der Waals surface area (Å²) in [6.45, 7) is 7.46. The minimum Gasteiger partial charge on any atom is -0.477 e. The number of ether oxygens (including phenoxy) is 1. The van der Waals surface area contributed by atoms with E-state index in [2.05, 4.69) is 9.97 Å². The van der Waals surface area contributed by atoms with Crippen LogP contribution in [0.4, 0.5) is 4.79 Å². The molecule has 154 valence electrons.